The number of aryl methyl sites for hydroxylation is 1. The fraction of sp³-hybridized carbons (Fsp3) is 0.476. The Hall–Kier alpha value is -1.69. The number of hydrogen-bond donors (Lipinski definition) is 1. The predicted molar refractivity (Wildman–Crippen MR) is 113 cm³/mol. The van der Waals surface area contributed by atoms with Crippen LogP contribution in [-0.4, -0.2) is 37.0 Å². The summed E-state index contributed by atoms with van der Waals surface area (Å²) in [4.78, 5) is 14.7. The zero-order valence-corrected chi connectivity index (χ0v) is 17.9. The van der Waals surface area contributed by atoms with Gasteiger partial charge in [-0.1, -0.05) is 30.7 Å². The van der Waals surface area contributed by atoms with Gasteiger partial charge in [0.25, 0.3) is 5.91 Å². The topological polar surface area (TPSA) is 54.7 Å². The molecule has 7 heteroatoms. The van der Waals surface area contributed by atoms with Crippen LogP contribution in [0.3, 0.4) is 0 Å². The highest BCUT2D eigenvalue weighted by Gasteiger charge is 2.27. The van der Waals surface area contributed by atoms with Crippen molar-refractivity contribution in [3.8, 4) is 5.75 Å². The molecule has 5 nitrogen and oxygen atoms in total. The zero-order valence-electron chi connectivity index (χ0n) is 16.3. The van der Waals surface area contributed by atoms with Gasteiger partial charge in [0.05, 0.1) is 11.1 Å². The molecule has 1 N–H and O–H groups in total. The van der Waals surface area contributed by atoms with Crippen molar-refractivity contribution < 1.29 is 13.9 Å². The molecule has 1 fully saturated rings. The summed E-state index contributed by atoms with van der Waals surface area (Å²) >= 11 is 6.06. The summed E-state index contributed by atoms with van der Waals surface area (Å²) in [5, 5.41) is 3.48. The van der Waals surface area contributed by atoms with Crippen LogP contribution >= 0.6 is 24.0 Å². The van der Waals surface area contributed by atoms with Gasteiger partial charge in [0, 0.05) is 6.54 Å². The first-order valence-corrected chi connectivity index (χ1v) is 9.85. The van der Waals surface area contributed by atoms with E-state index in [4.69, 9.17) is 20.8 Å². The van der Waals surface area contributed by atoms with Gasteiger partial charge in [-0.25, -0.2) is 0 Å². The van der Waals surface area contributed by atoms with Crippen LogP contribution in [0.1, 0.15) is 37.3 Å². The zero-order chi connectivity index (χ0) is 19.2. The highest BCUT2D eigenvalue weighted by atomic mass is 35.5. The highest BCUT2D eigenvalue weighted by molar-refractivity contribution is 6.32. The van der Waals surface area contributed by atoms with Crippen LogP contribution in [0.5, 0.6) is 5.75 Å². The number of nitrogens with one attached hydrogen (secondary N) is 1. The predicted octanol–water partition coefficient (Wildman–Crippen LogP) is 4.63. The summed E-state index contributed by atoms with van der Waals surface area (Å²) in [7, 11) is 0. The van der Waals surface area contributed by atoms with Gasteiger partial charge in [0.2, 0.25) is 0 Å². The van der Waals surface area contributed by atoms with E-state index in [1.54, 1.807) is 12.1 Å². The number of carbonyl (C=O) groups is 1. The Morgan fingerprint density at radius 3 is 2.64 bits per heavy atom. The fourth-order valence-corrected chi connectivity index (χ4v) is 3.54. The third-order valence-electron chi connectivity index (χ3n) is 5.04. The molecule has 0 saturated carbocycles. The Kier molecular flexibility index (Phi) is 8.67. The maximum Gasteiger partial charge on any atom is 0.258 e. The standard InChI is InChI=1S/C21H27ClN2O3.ClH/c1-15-9-11-24(12-10-15)18(20-8-7-16(2)27-20)13-23-21(25)14-26-19-6-4-3-5-17(19)22;/h3-8,15,18H,9-14H2,1-2H3,(H,23,25);1H. The summed E-state index contributed by atoms with van der Waals surface area (Å²) < 4.78 is 11.4. The molecular formula is C21H28Cl2N2O3. The van der Waals surface area contributed by atoms with Crippen LogP contribution < -0.4 is 10.1 Å². The lowest BCUT2D eigenvalue weighted by Gasteiger charge is -2.35. The summed E-state index contributed by atoms with van der Waals surface area (Å²) in [5.74, 6) is 2.87. The van der Waals surface area contributed by atoms with E-state index in [1.807, 2.05) is 31.2 Å². The smallest absolute Gasteiger partial charge is 0.258 e. The molecule has 0 aliphatic carbocycles. The lowest BCUT2D eigenvalue weighted by molar-refractivity contribution is -0.123. The molecule has 1 aromatic carbocycles. The van der Waals surface area contributed by atoms with Gasteiger partial charge in [0.1, 0.15) is 17.3 Å². The molecule has 154 valence electrons. The molecule has 1 aliphatic rings. The molecule has 1 aliphatic heterocycles. The Morgan fingerprint density at radius 2 is 2.00 bits per heavy atom. The van der Waals surface area contributed by atoms with Crippen LogP contribution in [0.2, 0.25) is 5.02 Å². The van der Waals surface area contributed by atoms with Crippen LogP contribution in [0.15, 0.2) is 40.8 Å². The molecule has 0 spiro atoms. The summed E-state index contributed by atoms with van der Waals surface area (Å²) in [5.41, 5.74) is 0. The average Bonchev–Trinajstić information content (AvgIpc) is 3.09. The van der Waals surface area contributed by atoms with E-state index in [1.165, 1.54) is 12.8 Å². The normalized spacial score (nSPS) is 16.2. The van der Waals surface area contributed by atoms with Crippen molar-refractivity contribution in [2.45, 2.75) is 32.7 Å². The van der Waals surface area contributed by atoms with Crippen LogP contribution in [0.4, 0.5) is 0 Å². The maximum absolute atomic E-state index is 12.3. The van der Waals surface area contributed by atoms with Gasteiger partial charge in [-0.15, -0.1) is 12.4 Å². The number of rotatable bonds is 7. The largest absolute Gasteiger partial charge is 0.482 e. The molecule has 0 radical (unpaired) electrons. The quantitative estimate of drug-likeness (QED) is 0.700. The molecule has 0 bridgehead atoms. The van der Waals surface area contributed by atoms with E-state index in [0.29, 0.717) is 17.3 Å². The van der Waals surface area contributed by atoms with E-state index in [9.17, 15) is 4.79 Å². The van der Waals surface area contributed by atoms with E-state index < -0.39 is 0 Å². The number of amides is 1. The van der Waals surface area contributed by atoms with Gasteiger partial charge in [-0.3, -0.25) is 9.69 Å². The number of ether oxygens (including phenoxy) is 1. The maximum atomic E-state index is 12.3. The summed E-state index contributed by atoms with van der Waals surface area (Å²) in [6.07, 6.45) is 2.33. The summed E-state index contributed by atoms with van der Waals surface area (Å²) in [6.45, 7) is 6.68. The van der Waals surface area contributed by atoms with Crippen LogP contribution in [0.25, 0.3) is 0 Å². The Bertz CT molecular complexity index is 758. The minimum atomic E-state index is -0.173. The number of nitrogens with zero attached hydrogens (tertiary/aromatic N) is 1. The van der Waals surface area contributed by atoms with Crippen molar-refractivity contribution in [2.75, 3.05) is 26.2 Å². The molecular weight excluding hydrogens is 399 g/mol. The molecule has 1 unspecified atom stereocenters. The Labute approximate surface area is 177 Å². The monoisotopic (exact) mass is 426 g/mol. The van der Waals surface area contributed by atoms with Crippen molar-refractivity contribution >= 4 is 29.9 Å². The number of para-hydroxylation sites is 1. The molecule has 1 atom stereocenters. The second kappa shape index (κ2) is 10.7. The second-order valence-electron chi connectivity index (χ2n) is 7.21. The van der Waals surface area contributed by atoms with Crippen molar-refractivity contribution in [1.29, 1.82) is 0 Å². The Morgan fingerprint density at radius 1 is 1.29 bits per heavy atom. The molecule has 1 aromatic heterocycles. The van der Waals surface area contributed by atoms with Gasteiger partial charge in [-0.05, 0) is 63.0 Å². The van der Waals surface area contributed by atoms with E-state index >= 15 is 0 Å². The molecule has 2 heterocycles. The van der Waals surface area contributed by atoms with Crippen molar-refractivity contribution in [3.63, 3.8) is 0 Å². The minimum Gasteiger partial charge on any atom is -0.482 e. The molecule has 2 aromatic rings. The van der Waals surface area contributed by atoms with Gasteiger partial charge in [0.15, 0.2) is 6.61 Å². The first kappa shape index (κ1) is 22.6. The number of carbonyl (C=O) groups excluding carboxylic acids is 1. The summed E-state index contributed by atoms with van der Waals surface area (Å²) in [6, 6.07) is 11.1. The van der Waals surface area contributed by atoms with E-state index in [2.05, 4.69) is 17.1 Å². The second-order valence-corrected chi connectivity index (χ2v) is 7.61. The third kappa shape index (κ3) is 6.16. The van der Waals surface area contributed by atoms with E-state index in [-0.39, 0.29) is 31.0 Å². The molecule has 28 heavy (non-hydrogen) atoms. The molecule has 1 saturated heterocycles. The SMILES string of the molecule is Cc1ccc(C(CNC(=O)COc2ccccc2Cl)N2CCC(C)CC2)o1.Cl. The highest BCUT2D eigenvalue weighted by Crippen LogP contribution is 2.27. The number of piperidine rings is 1. The number of halogens is 2. The molecule has 1 amide bonds. The van der Waals surface area contributed by atoms with Crippen LogP contribution in [0, 0.1) is 12.8 Å². The lowest BCUT2D eigenvalue weighted by atomic mass is 9.97. The van der Waals surface area contributed by atoms with Gasteiger partial charge < -0.3 is 14.5 Å². The van der Waals surface area contributed by atoms with Crippen molar-refractivity contribution in [1.82, 2.24) is 10.2 Å². The molecule has 3 rings (SSSR count). The average molecular weight is 427 g/mol. The Balaban J connectivity index is 0.00000280. The number of benzene rings is 1. The van der Waals surface area contributed by atoms with Crippen LogP contribution in [-0.2, 0) is 4.79 Å². The van der Waals surface area contributed by atoms with Gasteiger partial charge in [-0.2, -0.15) is 0 Å². The number of hydrogen-bond acceptors (Lipinski definition) is 4. The van der Waals surface area contributed by atoms with Gasteiger partial charge >= 0.3 is 0 Å². The lowest BCUT2D eigenvalue weighted by Crippen LogP contribution is -2.42. The first-order chi connectivity index (χ1) is 13.0. The van der Waals surface area contributed by atoms with Crippen molar-refractivity contribution in [2.24, 2.45) is 5.92 Å². The number of furan rings is 1. The first-order valence-electron chi connectivity index (χ1n) is 9.47. The minimum absolute atomic E-state index is 0. The third-order valence-corrected chi connectivity index (χ3v) is 5.35. The fourth-order valence-electron chi connectivity index (χ4n) is 3.35. The van der Waals surface area contributed by atoms with E-state index in [0.717, 1.165) is 30.5 Å². The van der Waals surface area contributed by atoms with Crippen molar-refractivity contribution in [3.05, 3.63) is 52.9 Å². The number of likely N-dealkylation sites (tertiary alicyclic amines) is 1.